The first-order valence-corrected chi connectivity index (χ1v) is 11.7. The Balaban J connectivity index is 1.38. The Bertz CT molecular complexity index is 1290. The zero-order chi connectivity index (χ0) is 22.6. The Morgan fingerprint density at radius 1 is 1.12 bits per heavy atom. The van der Waals surface area contributed by atoms with Crippen LogP contribution >= 0.6 is 11.3 Å². The predicted octanol–water partition coefficient (Wildman–Crippen LogP) is 4.43. The van der Waals surface area contributed by atoms with Crippen LogP contribution in [0.4, 0.5) is 5.82 Å². The molecule has 0 spiro atoms. The van der Waals surface area contributed by atoms with Gasteiger partial charge in [0.15, 0.2) is 0 Å². The van der Waals surface area contributed by atoms with Crippen LogP contribution in [0.25, 0.3) is 16.3 Å². The number of amides is 1. The second-order valence-electron chi connectivity index (χ2n) is 7.95. The number of carbonyl (C=O) groups excluding carboxylic acids is 1. The van der Waals surface area contributed by atoms with Crippen LogP contribution in [0.15, 0.2) is 73.1 Å². The fourth-order valence-corrected chi connectivity index (χ4v) is 5.35. The van der Waals surface area contributed by atoms with Gasteiger partial charge < -0.3 is 15.3 Å². The van der Waals surface area contributed by atoms with E-state index in [9.17, 15) is 9.90 Å². The molecule has 2 aromatic carbocycles. The van der Waals surface area contributed by atoms with Crippen molar-refractivity contribution in [3.8, 4) is 0 Å². The highest BCUT2D eigenvalue weighted by molar-refractivity contribution is 7.19. The fourth-order valence-electron chi connectivity index (χ4n) is 4.15. The molecule has 0 bridgehead atoms. The number of aliphatic hydroxyl groups excluding tert-OH is 1. The summed E-state index contributed by atoms with van der Waals surface area (Å²) in [4.78, 5) is 25.7. The minimum atomic E-state index is -0.260. The molecular formula is C26H24N4O2S. The number of nitrogens with one attached hydrogen (secondary N) is 1. The molecule has 0 saturated carbocycles. The number of rotatable bonds is 6. The van der Waals surface area contributed by atoms with Gasteiger partial charge in [0, 0.05) is 17.5 Å². The molecule has 0 saturated heterocycles. The molecule has 7 heteroatoms. The van der Waals surface area contributed by atoms with Crippen molar-refractivity contribution >= 4 is 39.4 Å². The predicted molar refractivity (Wildman–Crippen MR) is 132 cm³/mol. The van der Waals surface area contributed by atoms with Gasteiger partial charge in [-0.3, -0.25) is 4.79 Å². The molecule has 1 amide bonds. The maximum absolute atomic E-state index is 12.8. The molecule has 0 radical (unpaired) electrons. The summed E-state index contributed by atoms with van der Waals surface area (Å²) in [5, 5.41) is 14.4. The van der Waals surface area contributed by atoms with Crippen LogP contribution in [-0.2, 0) is 17.8 Å². The molecule has 0 fully saturated rings. The van der Waals surface area contributed by atoms with Crippen molar-refractivity contribution < 1.29 is 9.90 Å². The summed E-state index contributed by atoms with van der Waals surface area (Å²) >= 11 is 1.61. The van der Waals surface area contributed by atoms with E-state index in [0.717, 1.165) is 38.5 Å². The maximum atomic E-state index is 12.8. The lowest BCUT2D eigenvalue weighted by Crippen LogP contribution is -2.34. The van der Waals surface area contributed by atoms with Crippen LogP contribution in [0.1, 0.15) is 27.6 Å². The second kappa shape index (κ2) is 9.52. The van der Waals surface area contributed by atoms with E-state index in [1.54, 1.807) is 23.7 Å². The maximum Gasteiger partial charge on any atom is 0.246 e. The number of hydrogen-bond donors (Lipinski definition) is 2. The molecule has 1 aliphatic rings. The van der Waals surface area contributed by atoms with Crippen LogP contribution in [0, 0.1) is 0 Å². The van der Waals surface area contributed by atoms with Crippen LogP contribution in [0.2, 0.25) is 0 Å². The molecule has 2 aromatic heterocycles. The Labute approximate surface area is 196 Å². The summed E-state index contributed by atoms with van der Waals surface area (Å²) in [6, 6.07) is 19.4. The van der Waals surface area contributed by atoms with Gasteiger partial charge in [0.2, 0.25) is 5.91 Å². The first-order chi connectivity index (χ1) is 16.2. The average Bonchev–Trinajstić information content (AvgIpc) is 3.25. The van der Waals surface area contributed by atoms with Gasteiger partial charge in [0.25, 0.3) is 0 Å². The van der Waals surface area contributed by atoms with Crippen LogP contribution in [0.3, 0.4) is 0 Å². The number of aliphatic hydroxyl groups is 1. The van der Waals surface area contributed by atoms with Gasteiger partial charge in [-0.2, -0.15) is 0 Å². The van der Waals surface area contributed by atoms with Gasteiger partial charge in [0.1, 0.15) is 17.0 Å². The minimum absolute atomic E-state index is 0.0100. The smallest absolute Gasteiger partial charge is 0.246 e. The van der Waals surface area contributed by atoms with E-state index in [-0.39, 0.29) is 18.6 Å². The molecule has 0 unspecified atom stereocenters. The van der Waals surface area contributed by atoms with E-state index in [2.05, 4.69) is 15.3 Å². The normalized spacial score (nSPS) is 14.4. The molecule has 5 rings (SSSR count). The molecule has 1 atom stereocenters. The quantitative estimate of drug-likeness (QED) is 0.420. The van der Waals surface area contributed by atoms with Gasteiger partial charge in [-0.25, -0.2) is 9.97 Å². The van der Waals surface area contributed by atoms with E-state index in [1.807, 2.05) is 71.6 Å². The number of fused-ring (bicyclic) bond motifs is 3. The average molecular weight is 457 g/mol. The van der Waals surface area contributed by atoms with Crippen LogP contribution < -0.4 is 5.32 Å². The van der Waals surface area contributed by atoms with Crippen molar-refractivity contribution in [3.63, 3.8) is 0 Å². The summed E-state index contributed by atoms with van der Waals surface area (Å²) in [6.07, 6.45) is 5.80. The van der Waals surface area contributed by atoms with Crippen LogP contribution in [0.5, 0.6) is 0 Å². The first-order valence-electron chi connectivity index (χ1n) is 10.9. The van der Waals surface area contributed by atoms with Crippen molar-refractivity contribution in [1.29, 1.82) is 0 Å². The molecule has 166 valence electrons. The van der Waals surface area contributed by atoms with Gasteiger partial charge in [-0.1, -0.05) is 60.7 Å². The van der Waals surface area contributed by atoms with E-state index in [4.69, 9.17) is 0 Å². The molecule has 3 heterocycles. The highest BCUT2D eigenvalue weighted by Gasteiger charge is 2.26. The number of nitrogens with zero attached hydrogens (tertiary/aromatic N) is 3. The summed E-state index contributed by atoms with van der Waals surface area (Å²) < 4.78 is 0. The number of aromatic nitrogens is 2. The Morgan fingerprint density at radius 3 is 2.64 bits per heavy atom. The third-order valence-electron chi connectivity index (χ3n) is 5.86. The van der Waals surface area contributed by atoms with Gasteiger partial charge in [-0.05, 0) is 29.2 Å². The lowest BCUT2D eigenvalue weighted by molar-refractivity contribution is -0.126. The Hall–Kier alpha value is -3.55. The van der Waals surface area contributed by atoms with E-state index in [1.165, 1.54) is 5.56 Å². The SMILES string of the molecule is O=C(/C=C/c1ccccc1)N1CCc2c(sc3ncnc(N[C@H](CO)c4ccccc4)c23)C1. The molecule has 0 aliphatic carbocycles. The topological polar surface area (TPSA) is 78.4 Å². The molecule has 4 aromatic rings. The van der Waals surface area contributed by atoms with E-state index < -0.39 is 0 Å². The Kier molecular flexibility index (Phi) is 6.15. The molecular weight excluding hydrogens is 432 g/mol. The first kappa shape index (κ1) is 21.3. The summed E-state index contributed by atoms with van der Waals surface area (Å²) in [6.45, 7) is 1.17. The highest BCUT2D eigenvalue weighted by atomic mass is 32.1. The number of benzene rings is 2. The molecule has 33 heavy (non-hydrogen) atoms. The lowest BCUT2D eigenvalue weighted by Gasteiger charge is -2.26. The standard InChI is InChI=1S/C26H24N4O2S/c31-16-21(19-9-5-2-6-10-19)29-25-24-20-13-14-30(15-22(20)33-26(24)28-17-27-25)23(32)12-11-18-7-3-1-4-8-18/h1-12,17,21,31H,13-16H2,(H,27,28,29)/b12-11+/t21-/m1/s1. The third-order valence-corrected chi connectivity index (χ3v) is 6.99. The zero-order valence-electron chi connectivity index (χ0n) is 18.0. The summed E-state index contributed by atoms with van der Waals surface area (Å²) in [5.74, 6) is 0.736. The third kappa shape index (κ3) is 4.51. The van der Waals surface area contributed by atoms with Gasteiger partial charge in [-0.15, -0.1) is 11.3 Å². The van der Waals surface area contributed by atoms with Crippen molar-refractivity contribution in [2.24, 2.45) is 0 Å². The largest absolute Gasteiger partial charge is 0.394 e. The number of hydrogen-bond acceptors (Lipinski definition) is 6. The van der Waals surface area contributed by atoms with Crippen molar-refractivity contribution in [2.75, 3.05) is 18.5 Å². The lowest BCUT2D eigenvalue weighted by atomic mass is 10.0. The second-order valence-corrected chi connectivity index (χ2v) is 9.03. The van der Waals surface area contributed by atoms with Gasteiger partial charge >= 0.3 is 0 Å². The zero-order valence-corrected chi connectivity index (χ0v) is 18.8. The fraction of sp³-hybridized carbons (Fsp3) is 0.192. The van der Waals surface area contributed by atoms with Crippen molar-refractivity contribution in [3.05, 3.63) is 94.6 Å². The van der Waals surface area contributed by atoms with Crippen molar-refractivity contribution in [1.82, 2.24) is 14.9 Å². The van der Waals surface area contributed by atoms with E-state index in [0.29, 0.717) is 13.1 Å². The summed E-state index contributed by atoms with van der Waals surface area (Å²) in [7, 11) is 0. The minimum Gasteiger partial charge on any atom is -0.394 e. The highest BCUT2D eigenvalue weighted by Crippen LogP contribution is 2.38. The number of thiophene rings is 1. The Morgan fingerprint density at radius 2 is 1.88 bits per heavy atom. The number of carbonyl (C=O) groups is 1. The monoisotopic (exact) mass is 456 g/mol. The number of anilines is 1. The molecule has 6 nitrogen and oxygen atoms in total. The van der Waals surface area contributed by atoms with Gasteiger partial charge in [0.05, 0.1) is 24.6 Å². The molecule has 2 N–H and O–H groups in total. The summed E-state index contributed by atoms with van der Waals surface area (Å²) in [5.41, 5.74) is 3.20. The van der Waals surface area contributed by atoms with Crippen LogP contribution in [-0.4, -0.2) is 39.0 Å². The van der Waals surface area contributed by atoms with Crippen molar-refractivity contribution in [2.45, 2.75) is 19.0 Å². The molecule has 1 aliphatic heterocycles. The van der Waals surface area contributed by atoms with E-state index >= 15 is 0 Å².